The molecule has 5 rings (SSSR count). The number of methoxy groups -OCH3 is 3. The molecular weight excluding hydrogens is 492 g/mol. The fourth-order valence-electron chi connectivity index (χ4n) is 5.44. The number of hydrogen-bond donors (Lipinski definition) is 0. The molecule has 8 nitrogen and oxygen atoms in total. The molecule has 0 spiro atoms. The summed E-state index contributed by atoms with van der Waals surface area (Å²) in [6.07, 6.45) is -0.305. The van der Waals surface area contributed by atoms with Gasteiger partial charge >= 0.3 is 5.97 Å². The van der Waals surface area contributed by atoms with E-state index in [9.17, 15) is 4.79 Å². The number of esters is 1. The zero-order chi connectivity index (χ0) is 26.7. The number of carbonyl (C=O) groups excluding carboxylic acids is 1. The summed E-state index contributed by atoms with van der Waals surface area (Å²) in [5, 5.41) is -0.00393. The van der Waals surface area contributed by atoms with Gasteiger partial charge in [0, 0.05) is 11.8 Å². The van der Waals surface area contributed by atoms with Gasteiger partial charge in [-0.1, -0.05) is 20.8 Å². The smallest absolute Gasteiger partial charge is 0.310 e. The number of cyclic esters (lactones) is 1. The molecule has 9 heteroatoms. The van der Waals surface area contributed by atoms with Gasteiger partial charge in [0.05, 0.1) is 40.0 Å². The number of benzene rings is 2. The lowest BCUT2D eigenvalue weighted by Gasteiger charge is -2.45. The monoisotopic (exact) mass is 528 g/mol. The molecule has 0 aromatic heterocycles. The summed E-state index contributed by atoms with van der Waals surface area (Å²) in [7, 11) is 2.54. The number of rotatable bonds is 6. The fraction of sp³-hybridized carbons (Fsp3) is 0.536. The molecule has 1 aliphatic carbocycles. The van der Waals surface area contributed by atoms with Crippen molar-refractivity contribution in [2.75, 3.05) is 34.7 Å². The zero-order valence-electron chi connectivity index (χ0n) is 22.8. The Labute approximate surface area is 219 Å². The molecule has 3 aliphatic rings. The van der Waals surface area contributed by atoms with Crippen molar-refractivity contribution in [1.82, 2.24) is 0 Å². The van der Waals surface area contributed by atoms with Crippen LogP contribution in [0.2, 0.25) is 18.1 Å². The molecular formula is C28H36O8Si. The third-order valence-electron chi connectivity index (χ3n) is 8.39. The molecule has 2 heterocycles. The minimum Gasteiger partial charge on any atom is -0.493 e. The van der Waals surface area contributed by atoms with Crippen molar-refractivity contribution >= 4 is 14.3 Å². The summed E-state index contributed by atoms with van der Waals surface area (Å²) in [4.78, 5) is 13.4. The second-order valence-corrected chi connectivity index (χ2v) is 16.1. The van der Waals surface area contributed by atoms with Crippen LogP contribution in [0.1, 0.15) is 49.5 Å². The van der Waals surface area contributed by atoms with Gasteiger partial charge in [0.2, 0.25) is 12.5 Å². The maximum Gasteiger partial charge on any atom is 0.310 e. The molecule has 2 aliphatic heterocycles. The van der Waals surface area contributed by atoms with E-state index in [1.54, 1.807) is 21.3 Å². The van der Waals surface area contributed by atoms with E-state index in [4.69, 9.17) is 32.8 Å². The highest BCUT2D eigenvalue weighted by Crippen LogP contribution is 2.57. The van der Waals surface area contributed by atoms with Crippen LogP contribution >= 0.6 is 0 Å². The van der Waals surface area contributed by atoms with Crippen molar-refractivity contribution in [3.8, 4) is 28.7 Å². The second kappa shape index (κ2) is 9.13. The van der Waals surface area contributed by atoms with E-state index >= 15 is 0 Å². The molecule has 0 saturated carbocycles. The highest BCUT2D eigenvalue weighted by atomic mass is 28.4. The molecule has 4 unspecified atom stereocenters. The third kappa shape index (κ3) is 4.12. The highest BCUT2D eigenvalue weighted by Gasteiger charge is 2.55. The Hall–Kier alpha value is -2.91. The van der Waals surface area contributed by atoms with Crippen molar-refractivity contribution in [3.05, 3.63) is 41.0 Å². The van der Waals surface area contributed by atoms with E-state index in [1.165, 1.54) is 0 Å². The summed E-state index contributed by atoms with van der Waals surface area (Å²) in [6.45, 7) is 11.6. The van der Waals surface area contributed by atoms with Crippen molar-refractivity contribution in [2.45, 2.75) is 50.9 Å². The fourth-order valence-corrected chi connectivity index (χ4v) is 6.73. The minimum atomic E-state index is -2.21. The summed E-state index contributed by atoms with van der Waals surface area (Å²) in [6, 6.07) is 7.85. The minimum absolute atomic E-state index is 0.00393. The first-order valence-electron chi connectivity index (χ1n) is 12.6. The summed E-state index contributed by atoms with van der Waals surface area (Å²) in [5.41, 5.74) is 2.84. The maximum atomic E-state index is 13.4. The Bertz CT molecular complexity index is 1190. The summed E-state index contributed by atoms with van der Waals surface area (Å²) < 4.78 is 41.1. The van der Waals surface area contributed by atoms with E-state index < -0.39 is 14.2 Å². The molecule has 2 aromatic carbocycles. The number of hydrogen-bond acceptors (Lipinski definition) is 8. The molecule has 2 aromatic rings. The largest absolute Gasteiger partial charge is 0.493 e. The standard InChI is InChI=1S/C28H36O8Si/c1-28(2,3)37(7,8)36-25-17-12-20-19(34-14-35-20)11-16(17)23(24-18(25)13-33-27(24)29)15-9-21(30-4)26(32-6)22(10-15)31-5/h9-12,18,23-25H,13-14H2,1-8H3. The number of fused-ring (bicyclic) bond motifs is 3. The highest BCUT2D eigenvalue weighted by molar-refractivity contribution is 6.74. The van der Waals surface area contributed by atoms with Gasteiger partial charge in [-0.25, -0.2) is 0 Å². The van der Waals surface area contributed by atoms with Crippen LogP contribution < -0.4 is 23.7 Å². The first kappa shape index (κ1) is 25.7. The van der Waals surface area contributed by atoms with Gasteiger partial charge in [0.1, 0.15) is 0 Å². The van der Waals surface area contributed by atoms with Crippen LogP contribution in [0.15, 0.2) is 24.3 Å². The Morgan fingerprint density at radius 1 is 0.865 bits per heavy atom. The van der Waals surface area contributed by atoms with Crippen molar-refractivity contribution in [1.29, 1.82) is 0 Å². The molecule has 37 heavy (non-hydrogen) atoms. The van der Waals surface area contributed by atoms with E-state index in [2.05, 4.69) is 33.9 Å². The lowest BCUT2D eigenvalue weighted by atomic mass is 9.66. The van der Waals surface area contributed by atoms with Gasteiger partial charge in [-0.05, 0) is 59.1 Å². The van der Waals surface area contributed by atoms with Crippen LogP contribution in [0, 0.1) is 11.8 Å². The molecule has 4 atom stereocenters. The van der Waals surface area contributed by atoms with Crippen LogP contribution in [0.25, 0.3) is 0 Å². The lowest BCUT2D eigenvalue weighted by Crippen LogP contribution is -2.46. The quantitative estimate of drug-likeness (QED) is 0.362. The molecule has 200 valence electrons. The predicted molar refractivity (Wildman–Crippen MR) is 139 cm³/mol. The van der Waals surface area contributed by atoms with Gasteiger partial charge in [0.15, 0.2) is 31.3 Å². The van der Waals surface area contributed by atoms with Crippen molar-refractivity contribution < 1.29 is 37.6 Å². The zero-order valence-corrected chi connectivity index (χ0v) is 23.8. The molecule has 0 radical (unpaired) electrons. The van der Waals surface area contributed by atoms with Gasteiger partial charge in [-0.15, -0.1) is 0 Å². The second-order valence-electron chi connectivity index (χ2n) is 11.4. The van der Waals surface area contributed by atoms with Gasteiger partial charge in [0.25, 0.3) is 0 Å². The van der Waals surface area contributed by atoms with Gasteiger partial charge in [-0.2, -0.15) is 0 Å². The first-order valence-corrected chi connectivity index (χ1v) is 15.5. The predicted octanol–water partition coefficient (Wildman–Crippen LogP) is 5.44. The van der Waals surface area contributed by atoms with Gasteiger partial charge in [-0.3, -0.25) is 4.79 Å². The summed E-state index contributed by atoms with van der Waals surface area (Å²) >= 11 is 0. The average molecular weight is 529 g/mol. The van der Waals surface area contributed by atoms with Crippen LogP contribution in [0.4, 0.5) is 0 Å². The Morgan fingerprint density at radius 3 is 2.00 bits per heavy atom. The molecule has 0 amide bonds. The molecule has 0 N–H and O–H groups in total. The number of carbonyl (C=O) groups is 1. The topological polar surface area (TPSA) is 81.7 Å². The van der Waals surface area contributed by atoms with Crippen LogP contribution in [-0.4, -0.2) is 49.0 Å². The number of ether oxygens (including phenoxy) is 6. The summed E-state index contributed by atoms with van der Waals surface area (Å²) in [5.74, 6) is 1.77. The van der Waals surface area contributed by atoms with E-state index in [-0.39, 0.29) is 35.7 Å². The van der Waals surface area contributed by atoms with Crippen LogP contribution in [-0.2, 0) is 14.0 Å². The van der Waals surface area contributed by atoms with E-state index in [0.29, 0.717) is 35.4 Å². The van der Waals surface area contributed by atoms with Crippen LogP contribution in [0.3, 0.4) is 0 Å². The van der Waals surface area contributed by atoms with E-state index in [1.807, 2.05) is 24.3 Å². The van der Waals surface area contributed by atoms with E-state index in [0.717, 1.165) is 16.7 Å². The van der Waals surface area contributed by atoms with Crippen molar-refractivity contribution in [3.63, 3.8) is 0 Å². The third-order valence-corrected chi connectivity index (χ3v) is 12.8. The molecule has 0 bridgehead atoms. The Kier molecular flexibility index (Phi) is 6.35. The normalized spacial score (nSPS) is 24.3. The maximum absolute atomic E-state index is 13.4. The Balaban J connectivity index is 1.73. The van der Waals surface area contributed by atoms with Crippen LogP contribution in [0.5, 0.6) is 28.7 Å². The average Bonchev–Trinajstić information content (AvgIpc) is 3.47. The molecule has 1 saturated heterocycles. The lowest BCUT2D eigenvalue weighted by molar-refractivity contribution is -0.141. The SMILES string of the molecule is COc1cc(C2c3cc4c(cc3C(O[Si](C)(C)C(C)(C)C)C3COC(=O)C23)OCO4)cc(OC)c1OC. The van der Waals surface area contributed by atoms with Crippen molar-refractivity contribution in [2.24, 2.45) is 11.8 Å². The molecule has 1 fully saturated rings. The first-order chi connectivity index (χ1) is 17.5. The van der Waals surface area contributed by atoms with Gasteiger partial charge < -0.3 is 32.8 Å². The Morgan fingerprint density at radius 2 is 1.46 bits per heavy atom.